The van der Waals surface area contributed by atoms with Crippen molar-refractivity contribution in [3.63, 3.8) is 0 Å². The summed E-state index contributed by atoms with van der Waals surface area (Å²) < 4.78 is 11.5. The number of carbonyl (C=O) groups excluding carboxylic acids is 2. The van der Waals surface area contributed by atoms with E-state index in [0.29, 0.717) is 21.5 Å². The molecule has 0 radical (unpaired) electrons. The summed E-state index contributed by atoms with van der Waals surface area (Å²) in [6, 6.07) is 9.31. The molecular weight excluding hydrogens is 486 g/mol. The van der Waals surface area contributed by atoms with E-state index in [9.17, 15) is 19.7 Å². The number of benzene rings is 2. The lowest BCUT2D eigenvalue weighted by Gasteiger charge is -2.12. The summed E-state index contributed by atoms with van der Waals surface area (Å²) in [6.07, 6.45) is 3.07. The molecule has 0 saturated heterocycles. The van der Waals surface area contributed by atoms with E-state index in [1.54, 1.807) is 18.2 Å². The molecule has 0 bridgehead atoms. The van der Waals surface area contributed by atoms with Gasteiger partial charge in [-0.3, -0.25) is 20.2 Å². The fourth-order valence-electron chi connectivity index (χ4n) is 2.63. The van der Waals surface area contributed by atoms with Crippen LogP contribution in [0.25, 0.3) is 0 Å². The number of nitrogens with zero attached hydrogens (tertiary/aromatic N) is 3. The number of carbonyl (C=O) groups is 2. The standard InChI is InChI=1S/C20H16BrN5O6/c1-31-11-12-8-14(6-7-17(12)32-20-22-9-13(21)10-23-20)24-19(28)25-18(27)15-4-2-3-5-16(15)26(29)30/h2-10H,11H2,1H3,(H2,24,25,27,28). The number of rotatable bonds is 7. The normalized spacial score (nSPS) is 10.3. The van der Waals surface area contributed by atoms with Crippen molar-refractivity contribution in [1.29, 1.82) is 0 Å². The van der Waals surface area contributed by atoms with Crippen molar-refractivity contribution < 1.29 is 24.0 Å². The summed E-state index contributed by atoms with van der Waals surface area (Å²) in [5.41, 5.74) is 0.290. The van der Waals surface area contributed by atoms with E-state index in [1.165, 1.54) is 43.8 Å². The third kappa shape index (κ3) is 5.83. The highest BCUT2D eigenvalue weighted by Gasteiger charge is 2.21. The van der Waals surface area contributed by atoms with Gasteiger partial charge in [0.2, 0.25) is 0 Å². The Balaban J connectivity index is 1.72. The van der Waals surface area contributed by atoms with Crippen LogP contribution in [-0.2, 0) is 11.3 Å². The third-order valence-electron chi connectivity index (χ3n) is 3.99. The first-order valence-corrected chi connectivity index (χ1v) is 9.79. The fraction of sp³-hybridized carbons (Fsp3) is 0.100. The number of nitro groups is 1. The zero-order chi connectivity index (χ0) is 23.1. The topological polar surface area (TPSA) is 146 Å². The first-order valence-electron chi connectivity index (χ1n) is 9.00. The van der Waals surface area contributed by atoms with Crippen LogP contribution in [0.2, 0.25) is 0 Å². The molecule has 1 heterocycles. The summed E-state index contributed by atoms with van der Waals surface area (Å²) >= 11 is 3.24. The van der Waals surface area contributed by atoms with Crippen molar-refractivity contribution in [3.05, 3.63) is 80.6 Å². The Morgan fingerprint density at radius 2 is 1.88 bits per heavy atom. The molecule has 0 unspecified atom stereocenters. The van der Waals surface area contributed by atoms with Gasteiger partial charge in [0.1, 0.15) is 11.3 Å². The van der Waals surface area contributed by atoms with Gasteiger partial charge in [0.05, 0.1) is 16.0 Å². The Kier molecular flexibility index (Phi) is 7.41. The van der Waals surface area contributed by atoms with Gasteiger partial charge in [-0.05, 0) is 40.2 Å². The molecule has 0 saturated carbocycles. The molecule has 0 fully saturated rings. The number of hydrogen-bond donors (Lipinski definition) is 2. The second-order valence-electron chi connectivity index (χ2n) is 6.22. The van der Waals surface area contributed by atoms with Crippen molar-refractivity contribution in [2.45, 2.75) is 6.61 Å². The molecule has 0 atom stereocenters. The maximum absolute atomic E-state index is 12.3. The van der Waals surface area contributed by atoms with Gasteiger partial charge in [-0.1, -0.05) is 12.1 Å². The van der Waals surface area contributed by atoms with Gasteiger partial charge in [0.25, 0.3) is 11.6 Å². The minimum absolute atomic E-state index is 0.124. The van der Waals surface area contributed by atoms with Crippen LogP contribution >= 0.6 is 15.9 Å². The van der Waals surface area contributed by atoms with Crippen LogP contribution in [-0.4, -0.2) is 33.9 Å². The molecule has 12 heteroatoms. The van der Waals surface area contributed by atoms with Gasteiger partial charge in [0.15, 0.2) is 0 Å². The summed E-state index contributed by atoms with van der Waals surface area (Å²) in [5, 5.41) is 15.6. The lowest BCUT2D eigenvalue weighted by atomic mass is 10.1. The molecule has 2 aromatic carbocycles. The molecule has 32 heavy (non-hydrogen) atoms. The largest absolute Gasteiger partial charge is 0.424 e. The van der Waals surface area contributed by atoms with E-state index in [4.69, 9.17) is 9.47 Å². The highest BCUT2D eigenvalue weighted by atomic mass is 79.9. The van der Waals surface area contributed by atoms with E-state index in [-0.39, 0.29) is 18.2 Å². The van der Waals surface area contributed by atoms with Crippen molar-refractivity contribution in [1.82, 2.24) is 15.3 Å². The predicted octanol–water partition coefficient (Wildman–Crippen LogP) is 4.05. The minimum atomic E-state index is -0.903. The number of hydrogen-bond acceptors (Lipinski definition) is 8. The first kappa shape index (κ1) is 22.8. The van der Waals surface area contributed by atoms with E-state index in [2.05, 4.69) is 36.5 Å². The van der Waals surface area contributed by atoms with E-state index in [1.807, 2.05) is 0 Å². The number of imide groups is 1. The molecule has 1 aromatic heterocycles. The number of para-hydroxylation sites is 1. The van der Waals surface area contributed by atoms with Gasteiger partial charge < -0.3 is 14.8 Å². The molecule has 0 aliphatic rings. The molecule has 0 spiro atoms. The number of halogens is 1. The molecular formula is C20H16BrN5O6. The Bertz CT molecular complexity index is 1160. The van der Waals surface area contributed by atoms with Crippen LogP contribution < -0.4 is 15.4 Å². The maximum atomic E-state index is 12.3. The summed E-state index contributed by atoms with van der Waals surface area (Å²) in [7, 11) is 1.50. The molecule has 0 aliphatic heterocycles. The van der Waals surface area contributed by atoms with Crippen molar-refractivity contribution in [3.8, 4) is 11.8 Å². The molecule has 164 valence electrons. The smallest absolute Gasteiger partial charge is 0.326 e. The Morgan fingerprint density at radius 1 is 1.16 bits per heavy atom. The van der Waals surface area contributed by atoms with Crippen molar-refractivity contribution in [2.75, 3.05) is 12.4 Å². The van der Waals surface area contributed by atoms with Crippen LogP contribution in [0.3, 0.4) is 0 Å². The number of amides is 3. The number of anilines is 1. The Hall–Kier alpha value is -3.90. The quantitative estimate of drug-likeness (QED) is 0.364. The number of urea groups is 1. The lowest BCUT2D eigenvalue weighted by Crippen LogP contribution is -2.34. The van der Waals surface area contributed by atoms with Crippen molar-refractivity contribution >= 4 is 39.2 Å². The number of aromatic nitrogens is 2. The zero-order valence-electron chi connectivity index (χ0n) is 16.6. The highest BCUT2D eigenvalue weighted by Crippen LogP contribution is 2.27. The van der Waals surface area contributed by atoms with Crippen LogP contribution in [0.15, 0.2) is 59.3 Å². The molecule has 11 nitrogen and oxygen atoms in total. The van der Waals surface area contributed by atoms with Gasteiger partial charge in [-0.2, -0.15) is 0 Å². The SMILES string of the molecule is COCc1cc(NC(=O)NC(=O)c2ccccc2[N+](=O)[O-])ccc1Oc1ncc(Br)cn1. The van der Waals surface area contributed by atoms with E-state index >= 15 is 0 Å². The van der Waals surface area contributed by atoms with Crippen LogP contribution in [0, 0.1) is 10.1 Å². The molecule has 3 rings (SSSR count). The number of methoxy groups -OCH3 is 1. The zero-order valence-corrected chi connectivity index (χ0v) is 18.2. The number of nitrogens with one attached hydrogen (secondary N) is 2. The second kappa shape index (κ2) is 10.4. The van der Waals surface area contributed by atoms with Gasteiger partial charge in [0, 0.05) is 36.8 Å². The highest BCUT2D eigenvalue weighted by molar-refractivity contribution is 9.10. The summed E-state index contributed by atoms with van der Waals surface area (Å²) in [6.45, 7) is 0.165. The monoisotopic (exact) mass is 501 g/mol. The minimum Gasteiger partial charge on any atom is -0.424 e. The van der Waals surface area contributed by atoms with Crippen LogP contribution in [0.5, 0.6) is 11.8 Å². The predicted molar refractivity (Wildman–Crippen MR) is 117 cm³/mol. The fourth-order valence-corrected chi connectivity index (χ4v) is 2.84. The number of nitro benzene ring substituents is 1. The second-order valence-corrected chi connectivity index (χ2v) is 7.14. The van der Waals surface area contributed by atoms with Crippen molar-refractivity contribution in [2.24, 2.45) is 0 Å². The first-order chi connectivity index (χ1) is 15.4. The summed E-state index contributed by atoms with van der Waals surface area (Å²) in [4.78, 5) is 43.0. The maximum Gasteiger partial charge on any atom is 0.326 e. The van der Waals surface area contributed by atoms with Gasteiger partial charge in [-0.25, -0.2) is 14.8 Å². The Labute approximate surface area is 190 Å². The number of ether oxygens (including phenoxy) is 2. The molecule has 0 aliphatic carbocycles. The third-order valence-corrected chi connectivity index (χ3v) is 4.40. The van der Waals surface area contributed by atoms with E-state index in [0.717, 1.165) is 0 Å². The van der Waals surface area contributed by atoms with Crippen LogP contribution in [0.1, 0.15) is 15.9 Å². The lowest BCUT2D eigenvalue weighted by molar-refractivity contribution is -0.385. The Morgan fingerprint density at radius 3 is 2.56 bits per heavy atom. The van der Waals surface area contributed by atoms with E-state index < -0.39 is 22.5 Å². The average molecular weight is 502 g/mol. The van der Waals surface area contributed by atoms with Crippen LogP contribution in [0.4, 0.5) is 16.2 Å². The molecule has 3 amide bonds. The molecule has 3 aromatic rings. The molecule has 2 N–H and O–H groups in total. The van der Waals surface area contributed by atoms with Gasteiger partial charge in [-0.15, -0.1) is 0 Å². The average Bonchev–Trinajstić information content (AvgIpc) is 2.77. The summed E-state index contributed by atoms with van der Waals surface area (Å²) in [5.74, 6) is -0.490. The van der Waals surface area contributed by atoms with Gasteiger partial charge >= 0.3 is 12.0 Å².